The third-order valence-electron chi connectivity index (χ3n) is 2.78. The Hall–Kier alpha value is -2.24. The van der Waals surface area contributed by atoms with Gasteiger partial charge in [0.05, 0.1) is 0 Å². The number of nitrogens with one attached hydrogen (secondary N) is 4. The third-order valence-corrected chi connectivity index (χ3v) is 2.78. The van der Waals surface area contributed by atoms with Crippen molar-refractivity contribution in [2.45, 2.75) is 39.7 Å². The molecule has 0 heterocycles. The predicted molar refractivity (Wildman–Crippen MR) is 79.4 cm³/mol. The van der Waals surface area contributed by atoms with E-state index in [9.17, 15) is 9.59 Å². The zero-order chi connectivity index (χ0) is 15.0. The highest BCUT2D eigenvalue weighted by atomic mass is 16.2. The summed E-state index contributed by atoms with van der Waals surface area (Å²) in [5.74, 6) is 0. The van der Waals surface area contributed by atoms with Crippen LogP contribution in [0.3, 0.4) is 0 Å². The number of amides is 4. The minimum atomic E-state index is -0.488. The van der Waals surface area contributed by atoms with Crippen LogP contribution in [0.1, 0.15) is 32.3 Å². The number of anilines is 1. The first-order valence-electron chi connectivity index (χ1n) is 6.72. The Morgan fingerprint density at radius 2 is 1.80 bits per heavy atom. The van der Waals surface area contributed by atoms with Crippen LogP contribution in [-0.4, -0.2) is 18.1 Å². The molecule has 110 valence electrons. The lowest BCUT2D eigenvalue weighted by molar-refractivity contribution is 0.227. The molecule has 0 radical (unpaired) electrons. The molecule has 0 bridgehead atoms. The first kappa shape index (κ1) is 15.8. The summed E-state index contributed by atoms with van der Waals surface area (Å²) in [6.07, 6.45) is 1.88. The molecule has 4 N–H and O–H groups in total. The fraction of sp³-hybridized carbons (Fsp3) is 0.429. The van der Waals surface area contributed by atoms with Crippen molar-refractivity contribution in [3.05, 3.63) is 29.8 Å². The molecule has 0 unspecified atom stereocenters. The van der Waals surface area contributed by atoms with Gasteiger partial charge in [-0.15, -0.1) is 0 Å². The summed E-state index contributed by atoms with van der Waals surface area (Å²) in [6.45, 7) is 5.85. The van der Waals surface area contributed by atoms with E-state index in [1.807, 2.05) is 39.0 Å². The summed E-state index contributed by atoms with van der Waals surface area (Å²) in [6, 6.07) is 6.55. The van der Waals surface area contributed by atoms with E-state index in [-0.39, 0.29) is 6.04 Å². The molecule has 0 aliphatic rings. The second-order valence-electron chi connectivity index (χ2n) is 4.68. The molecular weight excluding hydrogens is 256 g/mol. The number of rotatable bonds is 4. The Balaban J connectivity index is 2.33. The van der Waals surface area contributed by atoms with E-state index in [1.54, 1.807) is 6.07 Å². The Kier molecular flexibility index (Phi) is 6.36. The van der Waals surface area contributed by atoms with Gasteiger partial charge < -0.3 is 10.6 Å². The van der Waals surface area contributed by atoms with Gasteiger partial charge in [-0.1, -0.05) is 31.5 Å². The number of hydrogen-bond acceptors (Lipinski definition) is 2. The van der Waals surface area contributed by atoms with Crippen molar-refractivity contribution in [2.75, 3.05) is 5.32 Å². The lowest BCUT2D eigenvalue weighted by Crippen LogP contribution is -2.50. The molecule has 1 atom stereocenters. The van der Waals surface area contributed by atoms with E-state index in [1.165, 1.54) is 0 Å². The topological polar surface area (TPSA) is 82.3 Å². The van der Waals surface area contributed by atoms with E-state index in [0.717, 1.165) is 18.4 Å². The number of benzene rings is 1. The van der Waals surface area contributed by atoms with E-state index in [0.29, 0.717) is 5.69 Å². The molecule has 6 nitrogen and oxygen atoms in total. The van der Waals surface area contributed by atoms with Crippen LogP contribution < -0.4 is 21.5 Å². The van der Waals surface area contributed by atoms with Crippen LogP contribution in [0.25, 0.3) is 0 Å². The van der Waals surface area contributed by atoms with Gasteiger partial charge in [-0.3, -0.25) is 0 Å². The standard InChI is InChI=1S/C14H22N4O2/c1-4-7-11(3)15-13(19)17-18-14(20)16-12-9-6-5-8-10(12)2/h5-6,8-9,11H,4,7H2,1-3H3,(H2,15,17,19)(H2,16,18,20)/t11-/m0/s1. The van der Waals surface area contributed by atoms with Gasteiger partial charge in [0.15, 0.2) is 0 Å². The molecule has 1 aromatic rings. The van der Waals surface area contributed by atoms with Crippen molar-refractivity contribution >= 4 is 17.7 Å². The molecule has 1 aromatic carbocycles. The summed E-state index contributed by atoms with van der Waals surface area (Å²) >= 11 is 0. The quantitative estimate of drug-likeness (QED) is 0.638. The summed E-state index contributed by atoms with van der Waals surface area (Å²) in [7, 11) is 0. The van der Waals surface area contributed by atoms with Crippen LogP contribution in [0.4, 0.5) is 15.3 Å². The van der Waals surface area contributed by atoms with Crippen LogP contribution in [0.5, 0.6) is 0 Å². The van der Waals surface area contributed by atoms with Crippen molar-refractivity contribution in [1.29, 1.82) is 0 Å². The monoisotopic (exact) mass is 278 g/mol. The molecule has 0 saturated carbocycles. The van der Waals surface area contributed by atoms with Gasteiger partial charge in [-0.2, -0.15) is 0 Å². The first-order valence-corrected chi connectivity index (χ1v) is 6.72. The molecule has 0 saturated heterocycles. The van der Waals surface area contributed by atoms with Crippen LogP contribution in [0, 0.1) is 6.92 Å². The van der Waals surface area contributed by atoms with E-state index in [2.05, 4.69) is 21.5 Å². The molecule has 0 spiro atoms. The fourth-order valence-electron chi connectivity index (χ4n) is 1.75. The molecule has 4 amide bonds. The maximum atomic E-state index is 11.6. The molecule has 6 heteroatoms. The van der Waals surface area contributed by atoms with E-state index >= 15 is 0 Å². The van der Waals surface area contributed by atoms with Crippen LogP contribution in [-0.2, 0) is 0 Å². The number of urea groups is 2. The van der Waals surface area contributed by atoms with Gasteiger partial charge in [0.2, 0.25) is 0 Å². The third kappa shape index (κ3) is 5.60. The molecule has 20 heavy (non-hydrogen) atoms. The maximum absolute atomic E-state index is 11.6. The Morgan fingerprint density at radius 1 is 1.15 bits per heavy atom. The minimum Gasteiger partial charge on any atom is -0.334 e. The summed E-state index contributed by atoms with van der Waals surface area (Å²) < 4.78 is 0. The van der Waals surface area contributed by atoms with Gasteiger partial charge in [-0.05, 0) is 31.9 Å². The van der Waals surface area contributed by atoms with Crippen molar-refractivity contribution in [3.8, 4) is 0 Å². The minimum absolute atomic E-state index is 0.0706. The number of hydrogen-bond donors (Lipinski definition) is 4. The van der Waals surface area contributed by atoms with Crippen molar-refractivity contribution in [1.82, 2.24) is 16.2 Å². The molecule has 0 aliphatic carbocycles. The largest absolute Gasteiger partial charge is 0.337 e. The lowest BCUT2D eigenvalue weighted by Gasteiger charge is -2.14. The normalized spacial score (nSPS) is 11.3. The van der Waals surface area contributed by atoms with Crippen LogP contribution >= 0.6 is 0 Å². The maximum Gasteiger partial charge on any atom is 0.337 e. The molecule has 0 aromatic heterocycles. The number of carbonyl (C=O) groups excluding carboxylic acids is 2. The Morgan fingerprint density at radius 3 is 2.45 bits per heavy atom. The first-order chi connectivity index (χ1) is 9.52. The van der Waals surface area contributed by atoms with Crippen molar-refractivity contribution in [2.24, 2.45) is 0 Å². The van der Waals surface area contributed by atoms with E-state index < -0.39 is 12.1 Å². The highest BCUT2D eigenvalue weighted by molar-refractivity contribution is 5.91. The number of para-hydroxylation sites is 1. The SMILES string of the molecule is CCC[C@H](C)NC(=O)NNC(=O)Nc1ccccc1C. The van der Waals surface area contributed by atoms with Crippen LogP contribution in [0.2, 0.25) is 0 Å². The van der Waals surface area contributed by atoms with Gasteiger partial charge in [0.25, 0.3) is 0 Å². The number of aryl methyl sites for hydroxylation is 1. The summed E-state index contributed by atoms with van der Waals surface area (Å²) in [5, 5.41) is 5.37. The second kappa shape index (κ2) is 8.04. The zero-order valence-electron chi connectivity index (χ0n) is 12.1. The fourth-order valence-corrected chi connectivity index (χ4v) is 1.75. The highest BCUT2D eigenvalue weighted by Crippen LogP contribution is 2.12. The van der Waals surface area contributed by atoms with Crippen LogP contribution in [0.15, 0.2) is 24.3 Å². The molecule has 0 aliphatic heterocycles. The van der Waals surface area contributed by atoms with Gasteiger partial charge >= 0.3 is 12.1 Å². The number of hydrazine groups is 1. The molecule has 0 fully saturated rings. The van der Waals surface area contributed by atoms with Gasteiger partial charge in [0.1, 0.15) is 0 Å². The van der Waals surface area contributed by atoms with Gasteiger partial charge in [0, 0.05) is 11.7 Å². The highest BCUT2D eigenvalue weighted by Gasteiger charge is 2.08. The molecule has 1 rings (SSSR count). The van der Waals surface area contributed by atoms with Gasteiger partial charge in [-0.25, -0.2) is 20.4 Å². The van der Waals surface area contributed by atoms with Crippen molar-refractivity contribution in [3.63, 3.8) is 0 Å². The van der Waals surface area contributed by atoms with E-state index in [4.69, 9.17) is 0 Å². The smallest absolute Gasteiger partial charge is 0.334 e. The predicted octanol–water partition coefficient (Wildman–Crippen LogP) is 2.52. The Labute approximate surface area is 119 Å². The summed E-state index contributed by atoms with van der Waals surface area (Å²) in [4.78, 5) is 23.1. The van der Waals surface area contributed by atoms with Crippen molar-refractivity contribution < 1.29 is 9.59 Å². The lowest BCUT2D eigenvalue weighted by atomic mass is 10.2. The average Bonchev–Trinajstić information content (AvgIpc) is 2.39. The summed E-state index contributed by atoms with van der Waals surface area (Å²) in [5.41, 5.74) is 6.24. The zero-order valence-corrected chi connectivity index (χ0v) is 12.1. The average molecular weight is 278 g/mol. The second-order valence-corrected chi connectivity index (χ2v) is 4.68. The Bertz CT molecular complexity index is 462. The molecular formula is C14H22N4O2. The number of carbonyl (C=O) groups is 2.